The molecule has 2 heterocycles. The zero-order valence-corrected chi connectivity index (χ0v) is 18.7. The van der Waals surface area contributed by atoms with Crippen LogP contribution in [-0.4, -0.2) is 17.6 Å². The standard InChI is InChI=1S/C26H20ClNO5/c1-3-32-21-12-15(7-9-19(21)29)23-22-24(30)18-13-16(27)8-10-20(18)33-25(22)26(31)28(23)17-6-4-5-14(2)11-17/h4-13,23,29H,3H2,1-2H3. The highest BCUT2D eigenvalue weighted by Crippen LogP contribution is 2.43. The second-order valence-corrected chi connectivity index (χ2v) is 8.33. The highest BCUT2D eigenvalue weighted by Gasteiger charge is 2.44. The van der Waals surface area contributed by atoms with Gasteiger partial charge in [-0.3, -0.25) is 14.5 Å². The maximum absolute atomic E-state index is 13.6. The van der Waals surface area contributed by atoms with Gasteiger partial charge < -0.3 is 14.3 Å². The molecule has 0 bridgehead atoms. The quantitative estimate of drug-likeness (QED) is 0.427. The number of halogens is 1. The summed E-state index contributed by atoms with van der Waals surface area (Å²) in [6.45, 7) is 4.09. The van der Waals surface area contributed by atoms with E-state index in [1.807, 2.05) is 38.1 Å². The fraction of sp³-hybridized carbons (Fsp3) is 0.154. The third-order valence-electron chi connectivity index (χ3n) is 5.71. The molecule has 0 saturated heterocycles. The van der Waals surface area contributed by atoms with Gasteiger partial charge >= 0.3 is 0 Å². The predicted octanol–water partition coefficient (Wildman–Crippen LogP) is 5.61. The average Bonchev–Trinajstić information content (AvgIpc) is 3.08. The molecule has 1 atom stereocenters. The van der Waals surface area contributed by atoms with Crippen LogP contribution in [0.25, 0.3) is 11.0 Å². The van der Waals surface area contributed by atoms with Gasteiger partial charge in [-0.05, 0) is 67.4 Å². The van der Waals surface area contributed by atoms with E-state index in [1.54, 1.807) is 35.2 Å². The van der Waals surface area contributed by atoms with E-state index in [-0.39, 0.29) is 28.3 Å². The number of fused-ring (bicyclic) bond motifs is 2. The van der Waals surface area contributed by atoms with Gasteiger partial charge in [-0.1, -0.05) is 29.8 Å². The second-order valence-electron chi connectivity index (χ2n) is 7.89. The van der Waals surface area contributed by atoms with E-state index in [9.17, 15) is 14.7 Å². The van der Waals surface area contributed by atoms with Crippen LogP contribution in [0.15, 0.2) is 69.9 Å². The molecular formula is C26H20ClNO5. The van der Waals surface area contributed by atoms with Crippen molar-refractivity contribution in [1.29, 1.82) is 0 Å². The third kappa shape index (κ3) is 3.43. The molecular weight excluding hydrogens is 442 g/mol. The molecule has 1 N–H and O–H groups in total. The molecule has 1 aliphatic rings. The minimum absolute atomic E-state index is 0.00707. The largest absolute Gasteiger partial charge is 0.504 e. The normalized spacial score (nSPS) is 15.2. The number of amides is 1. The van der Waals surface area contributed by atoms with Crippen molar-refractivity contribution in [3.63, 3.8) is 0 Å². The van der Waals surface area contributed by atoms with Crippen LogP contribution in [-0.2, 0) is 0 Å². The molecule has 0 fully saturated rings. The Labute approximate surface area is 194 Å². The first-order valence-corrected chi connectivity index (χ1v) is 10.9. The number of aryl methyl sites for hydroxylation is 1. The molecule has 1 aliphatic heterocycles. The monoisotopic (exact) mass is 461 g/mol. The van der Waals surface area contributed by atoms with E-state index in [0.29, 0.717) is 33.8 Å². The molecule has 166 valence electrons. The number of phenols is 1. The van der Waals surface area contributed by atoms with Crippen molar-refractivity contribution < 1.29 is 19.1 Å². The number of carbonyl (C=O) groups is 1. The maximum Gasteiger partial charge on any atom is 0.295 e. The lowest BCUT2D eigenvalue weighted by atomic mass is 9.97. The fourth-order valence-corrected chi connectivity index (χ4v) is 4.45. The van der Waals surface area contributed by atoms with E-state index >= 15 is 0 Å². The van der Waals surface area contributed by atoms with Crippen molar-refractivity contribution in [3.8, 4) is 11.5 Å². The van der Waals surface area contributed by atoms with Crippen molar-refractivity contribution in [2.24, 2.45) is 0 Å². The second kappa shape index (κ2) is 7.98. The van der Waals surface area contributed by atoms with Crippen molar-refractivity contribution >= 4 is 34.2 Å². The van der Waals surface area contributed by atoms with Gasteiger partial charge in [0.2, 0.25) is 5.76 Å². The van der Waals surface area contributed by atoms with Crippen LogP contribution in [0.2, 0.25) is 5.02 Å². The summed E-state index contributed by atoms with van der Waals surface area (Å²) in [7, 11) is 0. The molecule has 0 saturated carbocycles. The molecule has 0 spiro atoms. The van der Waals surface area contributed by atoms with Gasteiger partial charge in [0.05, 0.1) is 23.6 Å². The lowest BCUT2D eigenvalue weighted by Crippen LogP contribution is -2.29. The van der Waals surface area contributed by atoms with Gasteiger partial charge in [-0.15, -0.1) is 0 Å². The number of anilines is 1. The number of benzene rings is 3. The zero-order valence-electron chi connectivity index (χ0n) is 18.0. The average molecular weight is 462 g/mol. The van der Waals surface area contributed by atoms with E-state index in [2.05, 4.69) is 0 Å². The summed E-state index contributed by atoms with van der Waals surface area (Å²) in [5, 5.41) is 10.9. The smallest absolute Gasteiger partial charge is 0.295 e. The Morgan fingerprint density at radius 1 is 1.09 bits per heavy atom. The van der Waals surface area contributed by atoms with Crippen LogP contribution < -0.4 is 15.1 Å². The van der Waals surface area contributed by atoms with Crippen LogP contribution >= 0.6 is 11.6 Å². The van der Waals surface area contributed by atoms with Gasteiger partial charge in [0.1, 0.15) is 5.58 Å². The Hall–Kier alpha value is -3.77. The van der Waals surface area contributed by atoms with Crippen LogP contribution in [0.5, 0.6) is 11.5 Å². The molecule has 6 nitrogen and oxygen atoms in total. The summed E-state index contributed by atoms with van der Waals surface area (Å²) in [6.07, 6.45) is 0. The summed E-state index contributed by atoms with van der Waals surface area (Å²) >= 11 is 6.14. The summed E-state index contributed by atoms with van der Waals surface area (Å²) in [6, 6.07) is 16.3. The van der Waals surface area contributed by atoms with E-state index in [0.717, 1.165) is 5.56 Å². The first kappa shape index (κ1) is 21.1. The Morgan fingerprint density at radius 3 is 2.67 bits per heavy atom. The molecule has 1 amide bonds. The predicted molar refractivity (Wildman–Crippen MR) is 127 cm³/mol. The number of ether oxygens (including phenoxy) is 1. The zero-order chi connectivity index (χ0) is 23.3. The maximum atomic E-state index is 13.6. The lowest BCUT2D eigenvalue weighted by Gasteiger charge is -2.26. The topological polar surface area (TPSA) is 80.0 Å². The molecule has 0 aliphatic carbocycles. The highest BCUT2D eigenvalue weighted by atomic mass is 35.5. The Balaban J connectivity index is 1.81. The summed E-state index contributed by atoms with van der Waals surface area (Å²) in [5.41, 5.74) is 2.40. The van der Waals surface area contributed by atoms with Crippen molar-refractivity contribution in [1.82, 2.24) is 0 Å². The molecule has 7 heteroatoms. The molecule has 3 aromatic carbocycles. The Kier molecular flexibility index (Phi) is 5.10. The number of aromatic hydroxyl groups is 1. The van der Waals surface area contributed by atoms with Gasteiger partial charge in [0, 0.05) is 10.7 Å². The van der Waals surface area contributed by atoms with Crippen LogP contribution in [0.1, 0.15) is 40.2 Å². The highest BCUT2D eigenvalue weighted by molar-refractivity contribution is 6.31. The minimum Gasteiger partial charge on any atom is -0.504 e. The van der Waals surface area contributed by atoms with Crippen LogP contribution in [0.3, 0.4) is 0 Å². The number of carbonyl (C=O) groups excluding carboxylic acids is 1. The lowest BCUT2D eigenvalue weighted by molar-refractivity contribution is 0.0971. The van der Waals surface area contributed by atoms with Gasteiger partial charge in [-0.25, -0.2) is 0 Å². The number of rotatable bonds is 4. The number of hydrogen-bond donors (Lipinski definition) is 1. The SMILES string of the molecule is CCOc1cc(C2c3c(oc4ccc(Cl)cc4c3=O)C(=O)N2c2cccc(C)c2)ccc1O. The van der Waals surface area contributed by atoms with Gasteiger partial charge in [0.25, 0.3) is 5.91 Å². The van der Waals surface area contributed by atoms with E-state index in [4.69, 9.17) is 20.8 Å². The van der Waals surface area contributed by atoms with Gasteiger partial charge in [-0.2, -0.15) is 0 Å². The van der Waals surface area contributed by atoms with E-state index < -0.39 is 11.9 Å². The number of phenolic OH excluding ortho intramolecular Hbond substituents is 1. The van der Waals surface area contributed by atoms with Crippen molar-refractivity contribution in [2.75, 3.05) is 11.5 Å². The molecule has 0 radical (unpaired) electrons. The van der Waals surface area contributed by atoms with Gasteiger partial charge in [0.15, 0.2) is 16.9 Å². The first-order valence-electron chi connectivity index (χ1n) is 10.5. The third-order valence-corrected chi connectivity index (χ3v) is 5.95. The molecule has 1 aromatic heterocycles. The Bertz CT molecular complexity index is 1480. The van der Waals surface area contributed by atoms with Crippen LogP contribution in [0.4, 0.5) is 5.69 Å². The molecule has 4 aromatic rings. The minimum atomic E-state index is -0.770. The summed E-state index contributed by atoms with van der Waals surface area (Å²) in [4.78, 5) is 28.8. The van der Waals surface area contributed by atoms with Crippen molar-refractivity contribution in [3.05, 3.63) is 98.4 Å². The molecule has 1 unspecified atom stereocenters. The number of nitrogens with zero attached hydrogens (tertiary/aromatic N) is 1. The first-order chi connectivity index (χ1) is 15.9. The van der Waals surface area contributed by atoms with Crippen molar-refractivity contribution in [2.45, 2.75) is 19.9 Å². The number of hydrogen-bond acceptors (Lipinski definition) is 5. The summed E-state index contributed by atoms with van der Waals surface area (Å²) in [5.74, 6) is -0.175. The Morgan fingerprint density at radius 2 is 1.91 bits per heavy atom. The summed E-state index contributed by atoms with van der Waals surface area (Å²) < 4.78 is 11.5. The van der Waals surface area contributed by atoms with Crippen LogP contribution in [0, 0.1) is 6.92 Å². The molecule has 33 heavy (non-hydrogen) atoms. The fourth-order valence-electron chi connectivity index (χ4n) is 4.28. The van der Waals surface area contributed by atoms with E-state index in [1.165, 1.54) is 6.07 Å². The molecule has 5 rings (SSSR count).